The molecule has 440 valence electrons. The molecule has 75 heavy (non-hydrogen) atoms. The zero-order valence-electron chi connectivity index (χ0n) is 45.5. The van der Waals surface area contributed by atoms with Gasteiger partial charge < -0.3 is 89.9 Å². The SMILES string of the molecule is CCC/C=C\CCCCCCCC(=O)NC(COC1OC(CO)C(OC2OC(CO)C(OC3OC(CO)C(O)C(O)C3O)C(O)C2O)C(O)C1O)C(O)/C=C/CCCCCCCCCCCCCCCCCCCC. The number of amides is 1. The zero-order chi connectivity index (χ0) is 54.8. The fraction of sp³-hybridized carbons (Fsp3) is 0.911. The normalized spacial score (nSPS) is 31.3. The topological polar surface area (TPSA) is 307 Å². The van der Waals surface area contributed by atoms with Gasteiger partial charge in [0.25, 0.3) is 0 Å². The highest BCUT2D eigenvalue weighted by atomic mass is 16.8. The Morgan fingerprint density at radius 2 is 0.867 bits per heavy atom. The van der Waals surface area contributed by atoms with Crippen LogP contribution in [0.25, 0.3) is 0 Å². The summed E-state index contributed by atoms with van der Waals surface area (Å²) in [5, 5.41) is 120. The van der Waals surface area contributed by atoms with Gasteiger partial charge in [0.15, 0.2) is 18.9 Å². The number of ether oxygens (including phenoxy) is 6. The lowest BCUT2D eigenvalue weighted by Gasteiger charge is -2.48. The monoisotopic (exact) mass is 1080 g/mol. The van der Waals surface area contributed by atoms with Crippen LogP contribution in [0.1, 0.15) is 194 Å². The van der Waals surface area contributed by atoms with Crippen LogP contribution in [0, 0.1) is 0 Å². The van der Waals surface area contributed by atoms with Crippen molar-refractivity contribution in [1.82, 2.24) is 5.32 Å². The molecule has 3 rings (SSSR count). The Kier molecular flexibility index (Phi) is 36.4. The minimum absolute atomic E-state index is 0.233. The second-order valence-corrected chi connectivity index (χ2v) is 21.1. The number of hydrogen-bond donors (Lipinski definition) is 12. The van der Waals surface area contributed by atoms with Crippen molar-refractivity contribution in [1.29, 1.82) is 0 Å². The Hall–Kier alpha value is -1.73. The fourth-order valence-corrected chi connectivity index (χ4v) is 9.90. The van der Waals surface area contributed by atoms with E-state index in [1.807, 2.05) is 6.08 Å². The molecule has 0 aromatic carbocycles. The van der Waals surface area contributed by atoms with Crippen LogP contribution in [0.4, 0.5) is 0 Å². The van der Waals surface area contributed by atoms with Gasteiger partial charge in [-0.2, -0.15) is 0 Å². The van der Waals surface area contributed by atoms with E-state index in [0.717, 1.165) is 70.6 Å². The van der Waals surface area contributed by atoms with E-state index in [1.165, 1.54) is 96.3 Å². The lowest BCUT2D eigenvalue weighted by atomic mass is 9.96. The average molecular weight is 1080 g/mol. The quantitative estimate of drug-likeness (QED) is 0.0298. The number of nitrogens with one attached hydrogen (secondary N) is 1. The maximum absolute atomic E-state index is 13.2. The summed E-state index contributed by atoms with van der Waals surface area (Å²) in [4.78, 5) is 13.2. The molecule has 0 aromatic rings. The number of rotatable bonds is 42. The summed E-state index contributed by atoms with van der Waals surface area (Å²) in [7, 11) is 0. The molecule has 0 bridgehead atoms. The lowest BCUT2D eigenvalue weighted by molar-refractivity contribution is -0.379. The van der Waals surface area contributed by atoms with Gasteiger partial charge in [-0.1, -0.05) is 173 Å². The predicted molar refractivity (Wildman–Crippen MR) is 282 cm³/mol. The van der Waals surface area contributed by atoms with Gasteiger partial charge in [-0.05, 0) is 38.5 Å². The van der Waals surface area contributed by atoms with Gasteiger partial charge in [-0.25, -0.2) is 0 Å². The molecule has 3 saturated heterocycles. The van der Waals surface area contributed by atoms with E-state index in [-0.39, 0.29) is 18.9 Å². The number of unbranched alkanes of at least 4 members (excludes halogenated alkanes) is 24. The van der Waals surface area contributed by atoms with Gasteiger partial charge in [-0.3, -0.25) is 4.79 Å². The first kappa shape index (κ1) is 67.5. The number of aliphatic hydroxyl groups excluding tert-OH is 11. The van der Waals surface area contributed by atoms with Crippen molar-refractivity contribution in [2.45, 2.75) is 298 Å². The molecule has 3 fully saturated rings. The van der Waals surface area contributed by atoms with Crippen LogP contribution < -0.4 is 5.32 Å². The summed E-state index contributed by atoms with van der Waals surface area (Å²) in [5.41, 5.74) is 0. The van der Waals surface area contributed by atoms with Crippen LogP contribution in [-0.2, 0) is 33.2 Å². The van der Waals surface area contributed by atoms with Crippen LogP contribution in [0.2, 0.25) is 0 Å². The molecule has 0 aliphatic carbocycles. The average Bonchev–Trinajstić information content (AvgIpc) is 3.41. The molecular weight excluding hydrogens is 975 g/mol. The van der Waals surface area contributed by atoms with Crippen molar-refractivity contribution in [3.63, 3.8) is 0 Å². The summed E-state index contributed by atoms with van der Waals surface area (Å²) < 4.78 is 34.2. The van der Waals surface area contributed by atoms with Crippen LogP contribution in [0.15, 0.2) is 24.3 Å². The summed E-state index contributed by atoms with van der Waals surface area (Å²) in [6.07, 6.45) is 13.2. The number of carbonyl (C=O) groups excluding carboxylic acids is 1. The third kappa shape index (κ3) is 25.1. The molecule has 3 aliphatic heterocycles. The Morgan fingerprint density at radius 1 is 0.467 bits per heavy atom. The van der Waals surface area contributed by atoms with Crippen molar-refractivity contribution in [3.05, 3.63) is 24.3 Å². The third-order valence-electron chi connectivity index (χ3n) is 14.7. The van der Waals surface area contributed by atoms with E-state index in [2.05, 4.69) is 31.3 Å². The first-order valence-electron chi connectivity index (χ1n) is 29.1. The summed E-state index contributed by atoms with van der Waals surface area (Å²) >= 11 is 0. The largest absolute Gasteiger partial charge is 0.394 e. The molecule has 12 N–H and O–H groups in total. The zero-order valence-corrected chi connectivity index (χ0v) is 45.5. The smallest absolute Gasteiger partial charge is 0.220 e. The minimum atomic E-state index is -1.98. The third-order valence-corrected chi connectivity index (χ3v) is 14.7. The van der Waals surface area contributed by atoms with Crippen molar-refractivity contribution in [2.75, 3.05) is 26.4 Å². The summed E-state index contributed by atoms with van der Waals surface area (Å²) in [5.74, 6) is -0.288. The van der Waals surface area contributed by atoms with Crippen LogP contribution in [0.5, 0.6) is 0 Å². The first-order valence-corrected chi connectivity index (χ1v) is 29.1. The highest BCUT2D eigenvalue weighted by Gasteiger charge is 2.53. The summed E-state index contributed by atoms with van der Waals surface area (Å²) in [6, 6.07) is -0.973. The number of aliphatic hydroxyl groups is 11. The van der Waals surface area contributed by atoms with Gasteiger partial charge in [0.05, 0.1) is 38.6 Å². The van der Waals surface area contributed by atoms with Crippen molar-refractivity contribution in [2.24, 2.45) is 0 Å². The fourth-order valence-electron chi connectivity index (χ4n) is 9.90. The van der Waals surface area contributed by atoms with E-state index >= 15 is 0 Å². The number of allylic oxidation sites excluding steroid dienone is 3. The standard InChI is InChI=1S/C56H103NO18/c1-3-5-7-9-11-13-15-16-17-18-19-20-21-22-23-24-25-27-29-31-33-40(61)39(57-44(62)34-32-30-28-26-14-12-10-8-6-4-2)38-70-54-50(68)47(65)52(42(36-59)72-54)75-56-51(69)48(66)53(43(37-60)73-56)74-55-49(67)46(64)45(63)41(35-58)71-55/h8,10,31,33,39-43,45-56,58-61,63-69H,3-7,9,11-30,32,34-38H2,1-2H3,(H,57,62)/b10-8-,33-31+. The van der Waals surface area contributed by atoms with Gasteiger partial charge >= 0.3 is 0 Å². The molecule has 0 spiro atoms. The van der Waals surface area contributed by atoms with Gasteiger partial charge in [-0.15, -0.1) is 0 Å². The molecule has 1 amide bonds. The van der Waals surface area contributed by atoms with E-state index < -0.39 is 124 Å². The van der Waals surface area contributed by atoms with Crippen LogP contribution in [0.3, 0.4) is 0 Å². The lowest BCUT2D eigenvalue weighted by Crippen LogP contribution is -2.66. The number of carbonyl (C=O) groups is 1. The molecule has 0 saturated carbocycles. The Balaban J connectivity index is 1.50. The van der Waals surface area contributed by atoms with Gasteiger partial charge in [0.1, 0.15) is 73.2 Å². The molecule has 17 atom stereocenters. The Labute approximate surface area is 448 Å². The highest BCUT2D eigenvalue weighted by molar-refractivity contribution is 5.76. The second-order valence-electron chi connectivity index (χ2n) is 21.1. The van der Waals surface area contributed by atoms with Gasteiger partial charge in [0, 0.05) is 6.42 Å². The van der Waals surface area contributed by atoms with E-state index in [0.29, 0.717) is 6.42 Å². The molecule has 17 unspecified atom stereocenters. The first-order chi connectivity index (χ1) is 36.3. The van der Waals surface area contributed by atoms with E-state index in [1.54, 1.807) is 6.08 Å². The van der Waals surface area contributed by atoms with E-state index in [4.69, 9.17) is 28.4 Å². The van der Waals surface area contributed by atoms with Crippen molar-refractivity contribution >= 4 is 5.91 Å². The highest BCUT2D eigenvalue weighted by Crippen LogP contribution is 2.33. The maximum atomic E-state index is 13.2. The van der Waals surface area contributed by atoms with Crippen LogP contribution >= 0.6 is 0 Å². The molecule has 3 heterocycles. The molecular formula is C56H103NO18. The molecule has 19 heteroatoms. The number of hydrogen-bond acceptors (Lipinski definition) is 18. The molecule has 3 aliphatic rings. The Bertz CT molecular complexity index is 1480. The minimum Gasteiger partial charge on any atom is -0.394 e. The molecule has 0 aromatic heterocycles. The molecule has 0 radical (unpaired) electrons. The molecule has 19 nitrogen and oxygen atoms in total. The van der Waals surface area contributed by atoms with Crippen LogP contribution in [-0.4, -0.2) is 193 Å². The summed E-state index contributed by atoms with van der Waals surface area (Å²) in [6.45, 7) is 1.64. The van der Waals surface area contributed by atoms with Crippen molar-refractivity contribution in [3.8, 4) is 0 Å². The van der Waals surface area contributed by atoms with Crippen molar-refractivity contribution < 1.29 is 89.4 Å². The maximum Gasteiger partial charge on any atom is 0.220 e. The van der Waals surface area contributed by atoms with E-state index in [9.17, 15) is 61.0 Å². The predicted octanol–water partition coefficient (Wildman–Crippen LogP) is 4.37. The van der Waals surface area contributed by atoms with Gasteiger partial charge in [0.2, 0.25) is 5.91 Å². The Morgan fingerprint density at radius 3 is 1.35 bits per heavy atom. The second kappa shape index (κ2) is 40.4.